The zero-order chi connectivity index (χ0) is 13.9. The maximum Gasteiger partial charge on any atom is 0.326 e. The topological polar surface area (TPSA) is 83.6 Å². The Kier molecular flexibility index (Phi) is 4.47. The van der Waals surface area contributed by atoms with Crippen LogP contribution in [0.25, 0.3) is 0 Å². The van der Waals surface area contributed by atoms with Crippen LogP contribution in [0.5, 0.6) is 0 Å². The van der Waals surface area contributed by atoms with Crippen molar-refractivity contribution >= 4 is 11.9 Å². The number of aliphatic carboxylic acids is 1. The van der Waals surface area contributed by atoms with Crippen LogP contribution in [0.15, 0.2) is 10.8 Å². The van der Waals surface area contributed by atoms with Gasteiger partial charge < -0.3 is 14.5 Å². The lowest BCUT2D eigenvalue weighted by Crippen LogP contribution is -2.46. The third-order valence-corrected chi connectivity index (χ3v) is 2.89. The number of nitrogens with zero attached hydrogens (tertiary/aromatic N) is 2. The van der Waals surface area contributed by atoms with Gasteiger partial charge in [0.25, 0.3) is 0 Å². The van der Waals surface area contributed by atoms with Crippen molar-refractivity contribution in [3.63, 3.8) is 0 Å². The summed E-state index contributed by atoms with van der Waals surface area (Å²) in [6.45, 7) is 5.28. The number of rotatable bonds is 5. The molecule has 1 atom stereocenters. The largest absolute Gasteiger partial charge is 0.480 e. The van der Waals surface area contributed by atoms with E-state index in [-0.39, 0.29) is 18.2 Å². The van der Waals surface area contributed by atoms with Crippen molar-refractivity contribution in [3.8, 4) is 0 Å². The molecule has 0 aliphatic carbocycles. The molecule has 0 aliphatic rings. The third-order valence-electron chi connectivity index (χ3n) is 2.89. The smallest absolute Gasteiger partial charge is 0.326 e. The predicted molar refractivity (Wildman–Crippen MR) is 64.0 cm³/mol. The Hall–Kier alpha value is -1.85. The lowest BCUT2D eigenvalue weighted by atomic mass is 10.0. The molecule has 6 heteroatoms. The van der Waals surface area contributed by atoms with Gasteiger partial charge in [-0.25, -0.2) is 4.79 Å². The summed E-state index contributed by atoms with van der Waals surface area (Å²) in [4.78, 5) is 24.4. The Bertz CT molecular complexity index is 439. The molecule has 0 aromatic carbocycles. The molecule has 1 rings (SSSR count). The third kappa shape index (κ3) is 3.09. The second kappa shape index (κ2) is 5.66. The second-order valence-corrected chi connectivity index (χ2v) is 4.63. The van der Waals surface area contributed by atoms with E-state index in [0.29, 0.717) is 11.3 Å². The van der Waals surface area contributed by atoms with Crippen LogP contribution >= 0.6 is 0 Å². The Balaban J connectivity index is 2.77. The van der Waals surface area contributed by atoms with Crippen LogP contribution in [-0.4, -0.2) is 40.1 Å². The summed E-state index contributed by atoms with van der Waals surface area (Å²) in [6, 6.07) is -0.822. The molecule has 0 fully saturated rings. The van der Waals surface area contributed by atoms with Gasteiger partial charge in [0, 0.05) is 12.6 Å². The molecule has 1 aromatic rings. The predicted octanol–water partition coefficient (Wildman–Crippen LogP) is 1.09. The molecular formula is C12H18N2O4. The zero-order valence-corrected chi connectivity index (χ0v) is 11.0. The van der Waals surface area contributed by atoms with Crippen LogP contribution < -0.4 is 0 Å². The van der Waals surface area contributed by atoms with Crippen molar-refractivity contribution in [3.05, 3.63) is 17.5 Å². The van der Waals surface area contributed by atoms with Crippen molar-refractivity contribution in [1.82, 2.24) is 10.1 Å². The van der Waals surface area contributed by atoms with Crippen LogP contribution in [0.4, 0.5) is 0 Å². The number of carboxylic acids is 1. The number of carbonyl (C=O) groups excluding carboxylic acids is 1. The molecule has 18 heavy (non-hydrogen) atoms. The van der Waals surface area contributed by atoms with Gasteiger partial charge in [0.2, 0.25) is 5.91 Å². The average Bonchev–Trinajstić information content (AvgIpc) is 2.63. The molecule has 0 bridgehead atoms. The second-order valence-electron chi connectivity index (χ2n) is 4.63. The molecule has 0 saturated heterocycles. The van der Waals surface area contributed by atoms with E-state index < -0.39 is 12.0 Å². The summed E-state index contributed by atoms with van der Waals surface area (Å²) < 4.78 is 4.74. The minimum absolute atomic E-state index is 0.0995. The van der Waals surface area contributed by atoms with E-state index in [4.69, 9.17) is 9.63 Å². The zero-order valence-electron chi connectivity index (χ0n) is 11.0. The number of aryl methyl sites for hydroxylation is 1. The molecule has 0 radical (unpaired) electrons. The van der Waals surface area contributed by atoms with Crippen molar-refractivity contribution in [2.45, 2.75) is 33.2 Å². The lowest BCUT2D eigenvalue weighted by Gasteiger charge is -2.27. The summed E-state index contributed by atoms with van der Waals surface area (Å²) in [5, 5.41) is 12.8. The molecule has 1 aromatic heterocycles. The van der Waals surface area contributed by atoms with Gasteiger partial charge in [0.05, 0.1) is 12.1 Å². The molecule has 0 spiro atoms. The Morgan fingerprint density at radius 3 is 2.50 bits per heavy atom. The number of hydrogen-bond acceptors (Lipinski definition) is 4. The van der Waals surface area contributed by atoms with Gasteiger partial charge in [-0.2, -0.15) is 0 Å². The highest BCUT2D eigenvalue weighted by molar-refractivity contribution is 5.85. The first kappa shape index (κ1) is 14.2. The van der Waals surface area contributed by atoms with Gasteiger partial charge in [-0.1, -0.05) is 19.0 Å². The first-order valence-corrected chi connectivity index (χ1v) is 5.73. The number of likely N-dealkylation sites (N-methyl/N-ethyl adjacent to an activating group) is 1. The first-order chi connectivity index (χ1) is 8.34. The summed E-state index contributed by atoms with van der Waals surface area (Å²) in [5.74, 6) is -1.41. The fraction of sp³-hybridized carbons (Fsp3) is 0.583. The van der Waals surface area contributed by atoms with Crippen molar-refractivity contribution in [2.75, 3.05) is 7.05 Å². The number of amides is 1. The lowest BCUT2D eigenvalue weighted by molar-refractivity contribution is -0.150. The number of carbonyl (C=O) groups is 2. The Morgan fingerprint density at radius 1 is 1.50 bits per heavy atom. The molecule has 0 saturated carbocycles. The molecule has 0 aliphatic heterocycles. The van der Waals surface area contributed by atoms with Crippen LogP contribution in [-0.2, 0) is 16.0 Å². The molecular weight excluding hydrogens is 236 g/mol. The fourth-order valence-corrected chi connectivity index (χ4v) is 1.82. The van der Waals surface area contributed by atoms with E-state index in [0.717, 1.165) is 0 Å². The van der Waals surface area contributed by atoms with Gasteiger partial charge in [-0.15, -0.1) is 0 Å². The molecule has 1 N–H and O–H groups in total. The number of aromatic nitrogens is 1. The molecule has 100 valence electrons. The number of hydrogen-bond donors (Lipinski definition) is 1. The van der Waals surface area contributed by atoms with Gasteiger partial charge in [0.15, 0.2) is 0 Å². The van der Waals surface area contributed by atoms with Crippen LogP contribution in [0.1, 0.15) is 25.1 Å². The van der Waals surface area contributed by atoms with Gasteiger partial charge in [-0.05, 0) is 12.8 Å². The summed E-state index contributed by atoms with van der Waals surface area (Å²) in [7, 11) is 1.50. The standard InChI is InChI=1S/C12H18N2O4/c1-7(2)11(12(16)17)14(4)10(15)5-9-6-18-13-8(9)3/h6-7,11H,5H2,1-4H3,(H,16,17). The van der Waals surface area contributed by atoms with Crippen molar-refractivity contribution < 1.29 is 19.2 Å². The van der Waals surface area contributed by atoms with Crippen LogP contribution in [0.2, 0.25) is 0 Å². The molecule has 1 unspecified atom stereocenters. The first-order valence-electron chi connectivity index (χ1n) is 5.73. The van der Waals surface area contributed by atoms with E-state index in [1.807, 2.05) is 0 Å². The van der Waals surface area contributed by atoms with Crippen molar-refractivity contribution in [2.24, 2.45) is 5.92 Å². The summed E-state index contributed by atoms with van der Waals surface area (Å²) in [6.07, 6.45) is 1.51. The summed E-state index contributed by atoms with van der Waals surface area (Å²) in [5.41, 5.74) is 1.33. The van der Waals surface area contributed by atoms with E-state index in [2.05, 4.69) is 5.16 Å². The van der Waals surface area contributed by atoms with Crippen LogP contribution in [0.3, 0.4) is 0 Å². The average molecular weight is 254 g/mol. The van der Waals surface area contributed by atoms with Gasteiger partial charge in [-0.3, -0.25) is 4.79 Å². The fourth-order valence-electron chi connectivity index (χ4n) is 1.82. The van der Waals surface area contributed by atoms with Gasteiger partial charge >= 0.3 is 5.97 Å². The molecule has 1 amide bonds. The molecule has 1 heterocycles. The van der Waals surface area contributed by atoms with E-state index in [1.54, 1.807) is 20.8 Å². The van der Waals surface area contributed by atoms with E-state index >= 15 is 0 Å². The Morgan fingerprint density at radius 2 is 2.11 bits per heavy atom. The van der Waals surface area contributed by atoms with Crippen LogP contribution in [0, 0.1) is 12.8 Å². The van der Waals surface area contributed by atoms with E-state index in [1.165, 1.54) is 18.2 Å². The normalized spacial score (nSPS) is 12.5. The minimum atomic E-state index is -0.997. The van der Waals surface area contributed by atoms with E-state index in [9.17, 15) is 9.59 Å². The summed E-state index contributed by atoms with van der Waals surface area (Å²) >= 11 is 0. The van der Waals surface area contributed by atoms with Gasteiger partial charge in [0.1, 0.15) is 12.3 Å². The number of carboxylic acid groups (broad SMARTS) is 1. The maximum absolute atomic E-state index is 12.0. The quantitative estimate of drug-likeness (QED) is 0.850. The molecule has 6 nitrogen and oxygen atoms in total. The maximum atomic E-state index is 12.0. The van der Waals surface area contributed by atoms with Crippen molar-refractivity contribution in [1.29, 1.82) is 0 Å². The highest BCUT2D eigenvalue weighted by Crippen LogP contribution is 2.13. The minimum Gasteiger partial charge on any atom is -0.480 e. The highest BCUT2D eigenvalue weighted by Gasteiger charge is 2.29. The SMILES string of the molecule is Cc1nocc1CC(=O)N(C)C(C(=O)O)C(C)C. The Labute approximate surface area is 106 Å². The highest BCUT2D eigenvalue weighted by atomic mass is 16.5. The monoisotopic (exact) mass is 254 g/mol.